The van der Waals surface area contributed by atoms with Gasteiger partial charge in [-0.3, -0.25) is 4.79 Å². The molecule has 0 bridgehead atoms. The van der Waals surface area contributed by atoms with Crippen LogP contribution in [-0.4, -0.2) is 37.0 Å². The maximum atomic E-state index is 12.2. The van der Waals surface area contributed by atoms with E-state index in [4.69, 9.17) is 4.42 Å². The van der Waals surface area contributed by atoms with Crippen LogP contribution in [0.25, 0.3) is 0 Å². The third-order valence-corrected chi connectivity index (χ3v) is 3.34. The highest BCUT2D eigenvalue weighted by Crippen LogP contribution is 2.16. The fourth-order valence-corrected chi connectivity index (χ4v) is 2.24. The number of amides is 1. The Morgan fingerprint density at radius 1 is 1.59 bits per heavy atom. The summed E-state index contributed by atoms with van der Waals surface area (Å²) in [6.07, 6.45) is 3.02. The second-order valence-electron chi connectivity index (χ2n) is 4.50. The van der Waals surface area contributed by atoms with Crippen LogP contribution in [0.3, 0.4) is 0 Å². The summed E-state index contributed by atoms with van der Waals surface area (Å²) in [5.41, 5.74) is 0. The molecule has 17 heavy (non-hydrogen) atoms. The van der Waals surface area contributed by atoms with E-state index in [1.165, 1.54) is 0 Å². The first-order chi connectivity index (χ1) is 8.24. The van der Waals surface area contributed by atoms with Gasteiger partial charge in [-0.1, -0.05) is 6.92 Å². The zero-order chi connectivity index (χ0) is 12.3. The van der Waals surface area contributed by atoms with Crippen LogP contribution in [0.5, 0.6) is 0 Å². The lowest BCUT2D eigenvalue weighted by Gasteiger charge is -2.31. The smallest absolute Gasteiger partial charge is 0.289 e. The van der Waals surface area contributed by atoms with Gasteiger partial charge in [-0.25, -0.2) is 0 Å². The van der Waals surface area contributed by atoms with Crippen LogP contribution in [0, 0.1) is 0 Å². The molecule has 1 N–H and O–H groups in total. The zero-order valence-corrected chi connectivity index (χ0v) is 10.5. The van der Waals surface area contributed by atoms with Crippen LogP contribution in [0.15, 0.2) is 16.5 Å². The van der Waals surface area contributed by atoms with E-state index in [0.29, 0.717) is 11.8 Å². The van der Waals surface area contributed by atoms with Gasteiger partial charge in [0.05, 0.1) is 0 Å². The number of hydrogen-bond donors (Lipinski definition) is 1. The summed E-state index contributed by atoms with van der Waals surface area (Å²) in [6, 6.07) is 4.07. The molecule has 1 saturated heterocycles. The van der Waals surface area contributed by atoms with E-state index in [1.54, 1.807) is 6.07 Å². The average molecular weight is 236 g/mol. The minimum Gasteiger partial charge on any atom is -0.456 e. The number of likely N-dealkylation sites (N-methyl/N-ethyl adjacent to an activating group) is 1. The predicted octanol–water partition coefficient (Wildman–Crippen LogP) is 1.67. The molecule has 1 aliphatic heterocycles. The standard InChI is InChI=1S/C13H20N2O2/c1-3-11-6-7-12(17-11)13(16)15-8-4-5-10(9-15)14-2/h6-7,10,14H,3-5,8-9H2,1-2H3. The molecule has 1 unspecified atom stereocenters. The van der Waals surface area contributed by atoms with Crippen molar-refractivity contribution in [2.75, 3.05) is 20.1 Å². The molecule has 1 fully saturated rings. The monoisotopic (exact) mass is 236 g/mol. The van der Waals surface area contributed by atoms with E-state index in [2.05, 4.69) is 5.32 Å². The molecule has 4 nitrogen and oxygen atoms in total. The Bertz CT molecular complexity index is 387. The van der Waals surface area contributed by atoms with Gasteiger partial charge in [0.1, 0.15) is 5.76 Å². The van der Waals surface area contributed by atoms with E-state index in [9.17, 15) is 4.79 Å². The largest absolute Gasteiger partial charge is 0.456 e. The van der Waals surface area contributed by atoms with E-state index in [1.807, 2.05) is 24.9 Å². The van der Waals surface area contributed by atoms with Gasteiger partial charge < -0.3 is 14.6 Å². The highest BCUT2D eigenvalue weighted by atomic mass is 16.4. The van der Waals surface area contributed by atoms with Crippen molar-refractivity contribution in [3.05, 3.63) is 23.7 Å². The van der Waals surface area contributed by atoms with Crippen LogP contribution < -0.4 is 5.32 Å². The molecule has 1 aliphatic rings. The lowest BCUT2D eigenvalue weighted by Crippen LogP contribution is -2.46. The lowest BCUT2D eigenvalue weighted by molar-refractivity contribution is 0.0664. The fourth-order valence-electron chi connectivity index (χ4n) is 2.24. The Labute approximate surface area is 102 Å². The minimum atomic E-state index is 0.0182. The van der Waals surface area contributed by atoms with E-state index in [-0.39, 0.29) is 5.91 Å². The number of nitrogens with zero attached hydrogens (tertiary/aromatic N) is 1. The Morgan fingerprint density at radius 2 is 2.41 bits per heavy atom. The van der Waals surface area contributed by atoms with Gasteiger partial charge in [-0.15, -0.1) is 0 Å². The molecular formula is C13H20N2O2. The number of carbonyl (C=O) groups excluding carboxylic acids is 1. The SMILES string of the molecule is CCc1ccc(C(=O)N2CCCC(NC)C2)o1. The van der Waals surface area contributed by atoms with Gasteiger partial charge in [-0.05, 0) is 32.0 Å². The molecule has 0 aliphatic carbocycles. The molecule has 0 saturated carbocycles. The number of carbonyl (C=O) groups is 1. The topological polar surface area (TPSA) is 45.5 Å². The zero-order valence-electron chi connectivity index (χ0n) is 10.5. The van der Waals surface area contributed by atoms with E-state index < -0.39 is 0 Å². The van der Waals surface area contributed by atoms with E-state index >= 15 is 0 Å². The second kappa shape index (κ2) is 5.36. The van der Waals surface area contributed by atoms with Crippen molar-refractivity contribution in [3.8, 4) is 0 Å². The molecule has 0 radical (unpaired) electrons. The van der Waals surface area contributed by atoms with Crippen molar-refractivity contribution >= 4 is 5.91 Å². The Balaban J connectivity index is 2.03. The molecule has 0 spiro atoms. The normalized spacial score (nSPS) is 20.6. The van der Waals surface area contributed by atoms with Crippen molar-refractivity contribution in [3.63, 3.8) is 0 Å². The summed E-state index contributed by atoms with van der Waals surface area (Å²) in [4.78, 5) is 14.1. The van der Waals surface area contributed by atoms with Crippen molar-refractivity contribution in [1.82, 2.24) is 10.2 Å². The Morgan fingerprint density at radius 3 is 3.06 bits per heavy atom. The number of likely N-dealkylation sites (tertiary alicyclic amines) is 1. The molecule has 1 atom stereocenters. The van der Waals surface area contributed by atoms with Gasteiger partial charge >= 0.3 is 0 Å². The maximum Gasteiger partial charge on any atom is 0.289 e. The molecular weight excluding hydrogens is 216 g/mol. The summed E-state index contributed by atoms with van der Waals surface area (Å²) in [5, 5.41) is 3.23. The first kappa shape index (κ1) is 12.2. The summed E-state index contributed by atoms with van der Waals surface area (Å²) < 4.78 is 5.51. The van der Waals surface area contributed by atoms with Crippen LogP contribution in [0.1, 0.15) is 36.1 Å². The molecule has 94 valence electrons. The van der Waals surface area contributed by atoms with Gasteiger partial charge in [0.15, 0.2) is 5.76 Å². The van der Waals surface area contributed by atoms with Gasteiger partial charge in [0.25, 0.3) is 5.91 Å². The van der Waals surface area contributed by atoms with Crippen molar-refractivity contribution in [1.29, 1.82) is 0 Å². The molecule has 2 heterocycles. The van der Waals surface area contributed by atoms with Crippen molar-refractivity contribution < 1.29 is 9.21 Å². The minimum absolute atomic E-state index is 0.0182. The lowest BCUT2D eigenvalue weighted by atomic mass is 10.1. The molecule has 1 aromatic rings. The Kier molecular flexibility index (Phi) is 3.84. The molecule has 0 aromatic carbocycles. The quantitative estimate of drug-likeness (QED) is 0.868. The van der Waals surface area contributed by atoms with Crippen LogP contribution in [-0.2, 0) is 6.42 Å². The number of nitrogens with one attached hydrogen (secondary N) is 1. The summed E-state index contributed by atoms with van der Waals surface area (Å²) in [5.74, 6) is 1.36. The van der Waals surface area contributed by atoms with Crippen molar-refractivity contribution in [2.24, 2.45) is 0 Å². The van der Waals surface area contributed by atoms with Gasteiger partial charge in [-0.2, -0.15) is 0 Å². The number of aryl methyl sites for hydroxylation is 1. The first-order valence-corrected chi connectivity index (χ1v) is 6.29. The van der Waals surface area contributed by atoms with Crippen LogP contribution in [0.2, 0.25) is 0 Å². The third kappa shape index (κ3) is 2.69. The third-order valence-electron chi connectivity index (χ3n) is 3.34. The van der Waals surface area contributed by atoms with E-state index in [0.717, 1.165) is 38.1 Å². The Hall–Kier alpha value is -1.29. The maximum absolute atomic E-state index is 12.2. The summed E-state index contributed by atoms with van der Waals surface area (Å²) in [6.45, 7) is 3.63. The highest BCUT2D eigenvalue weighted by Gasteiger charge is 2.25. The number of piperidine rings is 1. The molecule has 2 rings (SSSR count). The molecule has 1 amide bonds. The van der Waals surface area contributed by atoms with Crippen molar-refractivity contribution in [2.45, 2.75) is 32.2 Å². The predicted molar refractivity (Wildman–Crippen MR) is 66.1 cm³/mol. The fraction of sp³-hybridized carbons (Fsp3) is 0.615. The van der Waals surface area contributed by atoms with Crippen LogP contribution in [0.4, 0.5) is 0 Å². The highest BCUT2D eigenvalue weighted by molar-refractivity contribution is 5.91. The van der Waals surface area contributed by atoms with Gasteiger partial charge in [0.2, 0.25) is 0 Å². The second-order valence-corrected chi connectivity index (χ2v) is 4.50. The molecule has 1 aromatic heterocycles. The van der Waals surface area contributed by atoms with Gasteiger partial charge in [0, 0.05) is 25.6 Å². The summed E-state index contributed by atoms with van der Waals surface area (Å²) in [7, 11) is 1.95. The molecule has 4 heteroatoms. The number of rotatable bonds is 3. The number of furan rings is 1. The average Bonchev–Trinajstić information content (AvgIpc) is 2.86. The van der Waals surface area contributed by atoms with Crippen LogP contribution >= 0.6 is 0 Å². The number of hydrogen-bond acceptors (Lipinski definition) is 3. The first-order valence-electron chi connectivity index (χ1n) is 6.29. The summed E-state index contributed by atoms with van der Waals surface area (Å²) >= 11 is 0.